The Labute approximate surface area is 122 Å². The predicted octanol–water partition coefficient (Wildman–Crippen LogP) is 2.65. The third-order valence-corrected chi connectivity index (χ3v) is 4.48. The molecule has 0 aliphatic heterocycles. The molecule has 0 radical (unpaired) electrons. The summed E-state index contributed by atoms with van der Waals surface area (Å²) < 4.78 is 39.9. The molecule has 2 rings (SSSR count). The quantitative estimate of drug-likeness (QED) is 0.649. The minimum absolute atomic E-state index is 0.00805. The first-order valence-electron chi connectivity index (χ1n) is 7.48. The lowest BCUT2D eigenvalue weighted by atomic mass is 9.77. The zero-order valence-corrected chi connectivity index (χ0v) is 12.2. The number of hydrogen-bond acceptors (Lipinski definition) is 3. The van der Waals surface area contributed by atoms with Crippen molar-refractivity contribution >= 4 is 0 Å². The Balaban J connectivity index is 1.90. The summed E-state index contributed by atoms with van der Waals surface area (Å²) in [6.07, 6.45) is 1.97. The largest absolute Gasteiger partial charge is 0.391 e. The number of nitrogens with zero attached hydrogens (tertiary/aromatic N) is 2. The third-order valence-electron chi connectivity index (χ3n) is 4.48. The lowest BCUT2D eigenvalue weighted by Gasteiger charge is -2.34. The fourth-order valence-electron chi connectivity index (χ4n) is 3.15. The number of rotatable bonds is 5. The summed E-state index contributed by atoms with van der Waals surface area (Å²) in [6.45, 7) is 2.81. The van der Waals surface area contributed by atoms with Crippen LogP contribution in [0.4, 0.5) is 13.2 Å². The first-order chi connectivity index (χ1) is 9.94. The molecular formula is C14H23F3N4. The van der Waals surface area contributed by atoms with E-state index >= 15 is 0 Å². The molecule has 0 bridgehead atoms. The van der Waals surface area contributed by atoms with Crippen LogP contribution in [-0.4, -0.2) is 22.0 Å². The molecule has 1 unspecified atom stereocenters. The first kappa shape index (κ1) is 16.3. The molecule has 1 atom stereocenters. The summed E-state index contributed by atoms with van der Waals surface area (Å²) in [4.78, 5) is 0. The molecular weight excluding hydrogens is 281 g/mol. The second-order valence-corrected chi connectivity index (χ2v) is 5.83. The van der Waals surface area contributed by atoms with Crippen LogP contribution in [0.25, 0.3) is 0 Å². The first-order valence-corrected chi connectivity index (χ1v) is 7.48. The number of nitrogens with one attached hydrogen (secondary N) is 1. The number of hydrazine groups is 1. The Kier molecular flexibility index (Phi) is 5.27. The van der Waals surface area contributed by atoms with Crippen LogP contribution in [-0.2, 0) is 13.0 Å². The highest BCUT2D eigenvalue weighted by molar-refractivity contribution is 5.07. The van der Waals surface area contributed by atoms with Gasteiger partial charge in [0.05, 0.1) is 12.1 Å². The lowest BCUT2D eigenvalue weighted by molar-refractivity contribution is -0.184. The zero-order chi connectivity index (χ0) is 15.5. The van der Waals surface area contributed by atoms with Crippen LogP contribution in [0.3, 0.4) is 0 Å². The molecule has 21 heavy (non-hydrogen) atoms. The smallest absolute Gasteiger partial charge is 0.273 e. The molecule has 4 nitrogen and oxygen atoms in total. The van der Waals surface area contributed by atoms with Crippen LogP contribution in [0.2, 0.25) is 0 Å². The maximum absolute atomic E-state index is 12.7. The van der Waals surface area contributed by atoms with E-state index in [1.165, 1.54) is 0 Å². The maximum atomic E-state index is 12.7. The molecule has 1 aromatic rings. The van der Waals surface area contributed by atoms with Gasteiger partial charge in [-0.1, -0.05) is 0 Å². The molecule has 0 spiro atoms. The summed E-state index contributed by atoms with van der Waals surface area (Å²) in [5.41, 5.74) is 3.85. The fraction of sp³-hybridized carbons (Fsp3) is 0.786. The second-order valence-electron chi connectivity index (χ2n) is 5.83. The molecule has 7 heteroatoms. The number of alkyl halides is 3. The van der Waals surface area contributed by atoms with Crippen LogP contribution in [0.15, 0.2) is 12.4 Å². The summed E-state index contributed by atoms with van der Waals surface area (Å²) >= 11 is 0. The van der Waals surface area contributed by atoms with Gasteiger partial charge in [0.15, 0.2) is 0 Å². The predicted molar refractivity (Wildman–Crippen MR) is 74.2 cm³/mol. The lowest BCUT2D eigenvalue weighted by Crippen LogP contribution is -2.44. The summed E-state index contributed by atoms with van der Waals surface area (Å²) in [5, 5.41) is 4.21. The Morgan fingerprint density at radius 1 is 1.38 bits per heavy atom. The van der Waals surface area contributed by atoms with Crippen molar-refractivity contribution in [2.45, 2.75) is 57.8 Å². The highest BCUT2D eigenvalue weighted by Gasteiger charge is 2.42. The van der Waals surface area contributed by atoms with E-state index in [0.717, 1.165) is 12.1 Å². The molecule has 3 N–H and O–H groups in total. The summed E-state index contributed by atoms with van der Waals surface area (Å²) in [7, 11) is 0. The van der Waals surface area contributed by atoms with Gasteiger partial charge in [-0.3, -0.25) is 16.0 Å². The average Bonchev–Trinajstić information content (AvgIpc) is 2.92. The molecule has 120 valence electrons. The molecule has 1 saturated carbocycles. The van der Waals surface area contributed by atoms with Crippen molar-refractivity contribution in [1.29, 1.82) is 0 Å². The summed E-state index contributed by atoms with van der Waals surface area (Å²) in [6, 6.07) is 0.00805. The molecule has 0 amide bonds. The Morgan fingerprint density at radius 3 is 2.52 bits per heavy atom. The highest BCUT2D eigenvalue weighted by Crippen LogP contribution is 2.40. The Bertz CT molecular complexity index is 436. The number of halogens is 3. The van der Waals surface area contributed by atoms with Crippen LogP contribution in [0.1, 0.15) is 38.2 Å². The van der Waals surface area contributed by atoms with Crippen molar-refractivity contribution in [3.63, 3.8) is 0 Å². The molecule has 1 fully saturated rings. The van der Waals surface area contributed by atoms with Gasteiger partial charge in [-0.15, -0.1) is 0 Å². The molecule has 1 aromatic heterocycles. The van der Waals surface area contributed by atoms with Gasteiger partial charge in [-0.05, 0) is 50.5 Å². The van der Waals surface area contributed by atoms with Crippen LogP contribution in [0.5, 0.6) is 0 Å². The van der Waals surface area contributed by atoms with E-state index in [2.05, 4.69) is 10.5 Å². The number of aromatic nitrogens is 2. The number of nitrogens with two attached hydrogens (primary N) is 1. The van der Waals surface area contributed by atoms with Crippen LogP contribution < -0.4 is 11.3 Å². The van der Waals surface area contributed by atoms with Gasteiger partial charge >= 0.3 is 6.18 Å². The van der Waals surface area contributed by atoms with E-state index < -0.39 is 12.1 Å². The van der Waals surface area contributed by atoms with Crippen LogP contribution >= 0.6 is 0 Å². The highest BCUT2D eigenvalue weighted by atomic mass is 19.4. The Morgan fingerprint density at radius 2 is 2.05 bits per heavy atom. The van der Waals surface area contributed by atoms with E-state index in [1.807, 2.05) is 17.8 Å². The molecule has 0 saturated heterocycles. The van der Waals surface area contributed by atoms with Crippen molar-refractivity contribution < 1.29 is 13.2 Å². The topological polar surface area (TPSA) is 55.9 Å². The zero-order valence-electron chi connectivity index (χ0n) is 12.2. The van der Waals surface area contributed by atoms with E-state index in [4.69, 9.17) is 5.84 Å². The SMILES string of the molecule is CCn1cc(CC(NN)C2CCC(C(F)(F)F)CC2)cn1. The molecule has 1 aliphatic carbocycles. The molecule has 1 aliphatic rings. The standard InChI is InChI=1S/C14H23F3N4/c1-2-21-9-10(8-19-21)7-13(20-18)11-3-5-12(6-4-11)14(15,16)17/h8-9,11-13,20H,2-7,18H2,1H3. The van der Waals surface area contributed by atoms with Crippen molar-refractivity contribution in [2.75, 3.05) is 0 Å². The second kappa shape index (κ2) is 6.79. The van der Waals surface area contributed by atoms with E-state index in [1.54, 1.807) is 6.20 Å². The third kappa shape index (κ3) is 4.20. The van der Waals surface area contributed by atoms with E-state index in [0.29, 0.717) is 19.3 Å². The minimum atomic E-state index is -4.06. The van der Waals surface area contributed by atoms with Gasteiger partial charge in [0.25, 0.3) is 0 Å². The van der Waals surface area contributed by atoms with Gasteiger partial charge < -0.3 is 0 Å². The van der Waals surface area contributed by atoms with Crippen LogP contribution in [0, 0.1) is 11.8 Å². The average molecular weight is 304 g/mol. The number of aryl methyl sites for hydroxylation is 1. The normalized spacial score (nSPS) is 25.0. The molecule has 1 heterocycles. The monoisotopic (exact) mass is 304 g/mol. The minimum Gasteiger partial charge on any atom is -0.273 e. The number of hydrogen-bond donors (Lipinski definition) is 2. The van der Waals surface area contributed by atoms with Crippen molar-refractivity contribution in [2.24, 2.45) is 17.7 Å². The van der Waals surface area contributed by atoms with Crippen molar-refractivity contribution in [3.8, 4) is 0 Å². The van der Waals surface area contributed by atoms with Gasteiger partial charge in [-0.2, -0.15) is 18.3 Å². The van der Waals surface area contributed by atoms with Gasteiger partial charge in [0.1, 0.15) is 0 Å². The van der Waals surface area contributed by atoms with Gasteiger partial charge in [0.2, 0.25) is 0 Å². The van der Waals surface area contributed by atoms with E-state index in [9.17, 15) is 13.2 Å². The Hall–Kier alpha value is -1.08. The fourth-order valence-corrected chi connectivity index (χ4v) is 3.15. The molecule has 0 aromatic carbocycles. The van der Waals surface area contributed by atoms with Crippen molar-refractivity contribution in [1.82, 2.24) is 15.2 Å². The van der Waals surface area contributed by atoms with Gasteiger partial charge in [-0.25, -0.2) is 0 Å². The maximum Gasteiger partial charge on any atom is 0.391 e. The van der Waals surface area contributed by atoms with E-state index in [-0.39, 0.29) is 24.8 Å². The summed E-state index contributed by atoms with van der Waals surface area (Å²) in [5.74, 6) is 4.66. The van der Waals surface area contributed by atoms with Crippen molar-refractivity contribution in [3.05, 3.63) is 18.0 Å². The van der Waals surface area contributed by atoms with Gasteiger partial charge in [0, 0.05) is 18.8 Å².